The quantitative estimate of drug-likeness (QED) is 0.491. The minimum Gasteiger partial charge on any atom is -0.478 e. The third-order valence-electron chi connectivity index (χ3n) is 8.12. The molecule has 2 aliphatic heterocycles. The zero-order valence-electron chi connectivity index (χ0n) is 20.4. The third kappa shape index (κ3) is 5.17. The molecule has 6 nitrogen and oxygen atoms in total. The maximum Gasteiger partial charge on any atom is 0.332 e. The second-order valence-electron chi connectivity index (χ2n) is 10.4. The summed E-state index contributed by atoms with van der Waals surface area (Å²) in [4.78, 5) is 21.9. The molecule has 2 saturated heterocycles. The van der Waals surface area contributed by atoms with E-state index in [0.717, 1.165) is 36.3 Å². The van der Waals surface area contributed by atoms with Gasteiger partial charge in [0.05, 0.1) is 5.60 Å². The SMILES string of the molecule is C/C(=C\C(=O)O)c1ccccc1.CC(C)C12CC3[C@H](C)CC[C@H]3C(C)(O1)C(OC(=O)CO)C2. The highest BCUT2D eigenvalue weighted by atomic mass is 16.6. The van der Waals surface area contributed by atoms with E-state index in [9.17, 15) is 9.59 Å². The second-order valence-corrected chi connectivity index (χ2v) is 10.4. The predicted octanol–water partition coefficient (Wildman–Crippen LogP) is 4.70. The molecule has 1 aliphatic carbocycles. The summed E-state index contributed by atoms with van der Waals surface area (Å²) in [7, 11) is 0. The summed E-state index contributed by atoms with van der Waals surface area (Å²) in [6.45, 7) is 10.1. The van der Waals surface area contributed by atoms with Gasteiger partial charge in [-0.25, -0.2) is 9.59 Å². The van der Waals surface area contributed by atoms with Crippen molar-refractivity contribution in [1.82, 2.24) is 0 Å². The van der Waals surface area contributed by atoms with Gasteiger partial charge in [-0.15, -0.1) is 0 Å². The van der Waals surface area contributed by atoms with Crippen LogP contribution in [0.25, 0.3) is 5.57 Å². The molecule has 4 rings (SSSR count). The average molecular weight is 459 g/mol. The summed E-state index contributed by atoms with van der Waals surface area (Å²) in [5.74, 6) is 0.838. The van der Waals surface area contributed by atoms with Crippen molar-refractivity contribution in [3.63, 3.8) is 0 Å². The largest absolute Gasteiger partial charge is 0.478 e. The van der Waals surface area contributed by atoms with E-state index in [4.69, 9.17) is 19.7 Å². The van der Waals surface area contributed by atoms with Gasteiger partial charge in [-0.05, 0) is 61.5 Å². The Bertz CT molecular complexity index is 878. The number of benzene rings is 1. The molecule has 0 aromatic heterocycles. The Morgan fingerprint density at radius 2 is 1.88 bits per heavy atom. The number of rotatable bonds is 5. The molecule has 1 aromatic carbocycles. The molecule has 4 unspecified atom stereocenters. The highest BCUT2D eigenvalue weighted by Gasteiger charge is 2.66. The van der Waals surface area contributed by atoms with Crippen LogP contribution in [0.2, 0.25) is 0 Å². The predicted molar refractivity (Wildman–Crippen MR) is 126 cm³/mol. The average Bonchev–Trinajstić information content (AvgIpc) is 3.25. The van der Waals surface area contributed by atoms with Crippen molar-refractivity contribution in [3.8, 4) is 0 Å². The Labute approximate surface area is 197 Å². The van der Waals surface area contributed by atoms with Crippen LogP contribution in [0.15, 0.2) is 36.4 Å². The van der Waals surface area contributed by atoms with Gasteiger partial charge < -0.3 is 19.7 Å². The van der Waals surface area contributed by atoms with E-state index < -0.39 is 18.5 Å². The summed E-state index contributed by atoms with van der Waals surface area (Å²) in [5, 5.41) is 17.5. The number of carboxylic acids is 1. The summed E-state index contributed by atoms with van der Waals surface area (Å²) < 4.78 is 12.2. The van der Waals surface area contributed by atoms with E-state index in [2.05, 4.69) is 27.7 Å². The van der Waals surface area contributed by atoms with E-state index >= 15 is 0 Å². The summed E-state index contributed by atoms with van der Waals surface area (Å²) in [6.07, 6.45) is 5.23. The van der Waals surface area contributed by atoms with Crippen molar-refractivity contribution in [2.24, 2.45) is 23.7 Å². The van der Waals surface area contributed by atoms with Crippen LogP contribution in [-0.2, 0) is 19.1 Å². The molecular weight excluding hydrogens is 420 g/mol. The fourth-order valence-corrected chi connectivity index (χ4v) is 6.14. The molecule has 182 valence electrons. The molecule has 6 heteroatoms. The normalized spacial score (nSPS) is 34.9. The summed E-state index contributed by atoms with van der Waals surface area (Å²) in [6, 6.07) is 9.43. The molecule has 3 aliphatic rings. The molecule has 1 aromatic rings. The number of allylic oxidation sites excluding steroid dienone is 1. The Hall–Kier alpha value is -2.18. The van der Waals surface area contributed by atoms with Crippen LogP contribution in [0.1, 0.15) is 65.9 Å². The van der Waals surface area contributed by atoms with Crippen LogP contribution in [-0.4, -0.2) is 46.1 Å². The maximum atomic E-state index is 11.6. The number of esters is 1. The summed E-state index contributed by atoms with van der Waals surface area (Å²) in [5.41, 5.74) is 1.15. The number of carbonyl (C=O) groups is 2. The number of aliphatic carboxylic acids is 1. The molecule has 0 amide bonds. The molecule has 33 heavy (non-hydrogen) atoms. The van der Waals surface area contributed by atoms with Crippen molar-refractivity contribution in [3.05, 3.63) is 42.0 Å². The lowest BCUT2D eigenvalue weighted by atomic mass is 9.72. The van der Waals surface area contributed by atoms with Gasteiger partial charge in [0.1, 0.15) is 18.3 Å². The van der Waals surface area contributed by atoms with Crippen LogP contribution in [0.4, 0.5) is 0 Å². The first kappa shape index (κ1) is 25.4. The third-order valence-corrected chi connectivity index (χ3v) is 8.12. The van der Waals surface area contributed by atoms with Gasteiger partial charge in [0.15, 0.2) is 0 Å². The van der Waals surface area contributed by atoms with Gasteiger partial charge in [-0.2, -0.15) is 0 Å². The molecule has 6 atom stereocenters. The Morgan fingerprint density at radius 3 is 2.45 bits per heavy atom. The molecule has 0 radical (unpaired) electrons. The lowest BCUT2D eigenvalue weighted by Crippen LogP contribution is -2.53. The smallest absolute Gasteiger partial charge is 0.332 e. The minimum absolute atomic E-state index is 0.172. The van der Waals surface area contributed by atoms with Crippen LogP contribution in [0.5, 0.6) is 0 Å². The van der Waals surface area contributed by atoms with Crippen molar-refractivity contribution in [1.29, 1.82) is 0 Å². The van der Waals surface area contributed by atoms with Crippen molar-refractivity contribution < 1.29 is 29.3 Å². The van der Waals surface area contributed by atoms with E-state index in [1.165, 1.54) is 12.5 Å². The Morgan fingerprint density at radius 1 is 1.21 bits per heavy atom. The lowest BCUT2D eigenvalue weighted by molar-refractivity contribution is -0.214. The van der Waals surface area contributed by atoms with Crippen LogP contribution < -0.4 is 0 Å². The monoisotopic (exact) mass is 458 g/mol. The molecule has 2 N–H and O–H groups in total. The Balaban J connectivity index is 0.000000218. The van der Waals surface area contributed by atoms with Gasteiger partial charge in [0.25, 0.3) is 0 Å². The van der Waals surface area contributed by atoms with Crippen LogP contribution >= 0.6 is 0 Å². The number of carbonyl (C=O) groups excluding carboxylic acids is 1. The topological polar surface area (TPSA) is 93.1 Å². The standard InChI is InChI=1S/C17H28O4.C10H10O2/c1-10(2)17-7-12-11(3)5-6-13(12)16(4,21-17)14(8-17)20-15(19)9-18;1-8(7-10(11)12)9-5-3-2-4-6-9/h10-14,18H,5-9H2,1-4H3;2-7H,1H3,(H,11,12)/b;8-7+/t11-,12?,13-,14?,16?,17?;/m1./s1. The zero-order valence-corrected chi connectivity index (χ0v) is 20.4. The summed E-state index contributed by atoms with van der Waals surface area (Å²) >= 11 is 0. The molecular formula is C27H38O6. The van der Waals surface area contributed by atoms with Crippen molar-refractivity contribution in [2.75, 3.05) is 6.61 Å². The van der Waals surface area contributed by atoms with Gasteiger partial charge >= 0.3 is 11.9 Å². The molecule has 2 heterocycles. The van der Waals surface area contributed by atoms with Crippen LogP contribution in [0, 0.1) is 23.7 Å². The Kier molecular flexibility index (Phi) is 7.69. The second kappa shape index (κ2) is 9.98. The number of aliphatic hydroxyl groups excluding tert-OH is 1. The van der Waals surface area contributed by atoms with Crippen molar-refractivity contribution >= 4 is 17.5 Å². The highest BCUT2D eigenvalue weighted by Crippen LogP contribution is 2.62. The van der Waals surface area contributed by atoms with Crippen LogP contribution in [0.3, 0.4) is 0 Å². The molecule has 3 fully saturated rings. The first-order chi connectivity index (χ1) is 15.5. The maximum absolute atomic E-state index is 11.6. The highest BCUT2D eigenvalue weighted by molar-refractivity contribution is 5.89. The number of aliphatic hydroxyl groups is 1. The lowest BCUT2D eigenvalue weighted by Gasteiger charge is -2.48. The fraction of sp³-hybridized carbons (Fsp3) is 0.630. The number of carboxylic acid groups (broad SMARTS) is 1. The van der Waals surface area contributed by atoms with Gasteiger partial charge in [0, 0.05) is 12.5 Å². The molecule has 2 bridgehead atoms. The first-order valence-electron chi connectivity index (χ1n) is 12.0. The first-order valence-corrected chi connectivity index (χ1v) is 12.0. The number of ether oxygens (including phenoxy) is 2. The molecule has 0 spiro atoms. The van der Waals surface area contributed by atoms with Gasteiger partial charge in [0.2, 0.25) is 0 Å². The number of hydrogen-bond acceptors (Lipinski definition) is 5. The van der Waals surface area contributed by atoms with Gasteiger partial charge in [-0.3, -0.25) is 0 Å². The fourth-order valence-electron chi connectivity index (χ4n) is 6.14. The minimum atomic E-state index is -0.906. The number of hydrogen-bond donors (Lipinski definition) is 2. The number of fused-ring (bicyclic) bond motifs is 4. The van der Waals surface area contributed by atoms with E-state index in [1.807, 2.05) is 30.3 Å². The van der Waals surface area contributed by atoms with E-state index in [-0.39, 0.29) is 17.3 Å². The van der Waals surface area contributed by atoms with E-state index in [1.54, 1.807) is 6.92 Å². The van der Waals surface area contributed by atoms with Gasteiger partial charge in [-0.1, -0.05) is 57.5 Å². The zero-order chi connectivity index (χ0) is 24.4. The van der Waals surface area contributed by atoms with E-state index in [0.29, 0.717) is 17.8 Å². The van der Waals surface area contributed by atoms with Crippen molar-refractivity contribution in [2.45, 2.75) is 77.6 Å². The molecule has 1 saturated carbocycles.